The molecule has 6 nitrogen and oxygen atoms in total. The number of pyridine rings is 1. The lowest BCUT2D eigenvalue weighted by molar-refractivity contribution is 0.0600. The average molecular weight is 410 g/mol. The largest absolute Gasteiger partial charge is 0.465 e. The van der Waals surface area contributed by atoms with E-state index in [9.17, 15) is 13.6 Å². The summed E-state index contributed by atoms with van der Waals surface area (Å²) in [5, 5.41) is 11.5. The summed E-state index contributed by atoms with van der Waals surface area (Å²) in [5.41, 5.74) is 1.30. The van der Waals surface area contributed by atoms with Crippen molar-refractivity contribution in [1.29, 1.82) is 0 Å². The summed E-state index contributed by atoms with van der Waals surface area (Å²) in [4.78, 5) is 15.8. The predicted octanol–water partition coefficient (Wildman–Crippen LogP) is 3.95. The van der Waals surface area contributed by atoms with Gasteiger partial charge in [-0.3, -0.25) is 4.98 Å². The zero-order chi connectivity index (χ0) is 21.1. The summed E-state index contributed by atoms with van der Waals surface area (Å²) in [5.74, 6) is -0.374. The molecule has 1 saturated carbocycles. The van der Waals surface area contributed by atoms with Crippen LogP contribution in [0, 0.1) is 5.82 Å². The summed E-state index contributed by atoms with van der Waals surface area (Å²) in [6.07, 6.45) is 0.964. The topological polar surface area (TPSA) is 77.0 Å². The first-order valence-electron chi connectivity index (χ1n) is 9.52. The number of carbonyl (C=O) groups excluding carboxylic acids is 1. The van der Waals surface area contributed by atoms with E-state index in [1.807, 2.05) is 6.07 Å². The number of methoxy groups -OCH3 is 1. The number of nitrogens with zero attached hydrogens (tertiary/aromatic N) is 3. The average Bonchev–Trinajstić information content (AvgIpc) is 2.76. The van der Waals surface area contributed by atoms with E-state index in [4.69, 9.17) is 4.74 Å². The van der Waals surface area contributed by atoms with Gasteiger partial charge in [-0.1, -0.05) is 12.1 Å². The Hall–Kier alpha value is -3.42. The maximum Gasteiger partial charge on any atom is 0.337 e. The van der Waals surface area contributed by atoms with Crippen LogP contribution >= 0.6 is 0 Å². The normalized spacial score (nSPS) is 20.3. The molecule has 2 heterocycles. The van der Waals surface area contributed by atoms with Crippen molar-refractivity contribution in [2.45, 2.75) is 24.4 Å². The van der Waals surface area contributed by atoms with Crippen LogP contribution in [-0.2, 0) is 10.2 Å². The second kappa shape index (κ2) is 8.14. The number of alkyl halides is 1. The third kappa shape index (κ3) is 3.85. The van der Waals surface area contributed by atoms with E-state index in [0.717, 1.165) is 5.56 Å². The van der Waals surface area contributed by atoms with Crippen LogP contribution < -0.4 is 5.32 Å². The Morgan fingerprint density at radius 3 is 2.70 bits per heavy atom. The molecule has 0 radical (unpaired) electrons. The van der Waals surface area contributed by atoms with Gasteiger partial charge in [0.15, 0.2) is 0 Å². The van der Waals surface area contributed by atoms with Gasteiger partial charge < -0.3 is 10.1 Å². The maximum absolute atomic E-state index is 14.2. The molecule has 0 aliphatic heterocycles. The molecule has 8 heteroatoms. The monoisotopic (exact) mass is 410 g/mol. The summed E-state index contributed by atoms with van der Waals surface area (Å²) >= 11 is 0. The zero-order valence-corrected chi connectivity index (χ0v) is 16.3. The van der Waals surface area contributed by atoms with Crippen LogP contribution in [0.25, 0.3) is 11.3 Å². The Morgan fingerprint density at radius 1 is 1.20 bits per heavy atom. The molecule has 1 N–H and O–H groups in total. The van der Waals surface area contributed by atoms with Crippen molar-refractivity contribution in [2.75, 3.05) is 19.0 Å². The molecular weight excluding hydrogens is 390 g/mol. The highest BCUT2D eigenvalue weighted by Gasteiger charge is 2.48. The molecule has 1 aliphatic rings. The SMILES string of the molecule is COC(=O)c1cccc(-c2ccc(NC[C@]3(c4ncccc4F)C[C@H](F)C3)nn2)c1. The van der Waals surface area contributed by atoms with Gasteiger partial charge in [-0.15, -0.1) is 10.2 Å². The molecule has 1 aromatic carbocycles. The minimum Gasteiger partial charge on any atom is -0.465 e. The maximum atomic E-state index is 14.2. The van der Waals surface area contributed by atoms with Gasteiger partial charge in [0.1, 0.15) is 17.8 Å². The van der Waals surface area contributed by atoms with E-state index in [0.29, 0.717) is 23.6 Å². The van der Waals surface area contributed by atoms with Gasteiger partial charge >= 0.3 is 5.97 Å². The van der Waals surface area contributed by atoms with Gasteiger partial charge in [-0.2, -0.15) is 0 Å². The number of hydrogen-bond donors (Lipinski definition) is 1. The van der Waals surface area contributed by atoms with Crippen LogP contribution in [0.3, 0.4) is 0 Å². The van der Waals surface area contributed by atoms with Crippen molar-refractivity contribution >= 4 is 11.8 Å². The van der Waals surface area contributed by atoms with E-state index in [1.54, 1.807) is 30.3 Å². The van der Waals surface area contributed by atoms with Crippen molar-refractivity contribution in [2.24, 2.45) is 0 Å². The molecule has 4 rings (SSSR count). The molecule has 3 aromatic rings. The number of rotatable bonds is 6. The first-order valence-corrected chi connectivity index (χ1v) is 9.52. The van der Waals surface area contributed by atoms with E-state index in [-0.39, 0.29) is 18.5 Å². The Morgan fingerprint density at radius 2 is 2.03 bits per heavy atom. The van der Waals surface area contributed by atoms with Gasteiger partial charge in [-0.05, 0) is 49.2 Å². The minimum absolute atomic E-state index is 0.208. The van der Waals surface area contributed by atoms with Gasteiger partial charge in [0.2, 0.25) is 0 Å². The Labute approximate surface area is 172 Å². The molecule has 2 aromatic heterocycles. The third-order valence-corrected chi connectivity index (χ3v) is 5.34. The number of nitrogens with one attached hydrogen (secondary N) is 1. The molecule has 0 bridgehead atoms. The van der Waals surface area contributed by atoms with E-state index in [2.05, 4.69) is 20.5 Å². The first kappa shape index (κ1) is 19.9. The lowest BCUT2D eigenvalue weighted by Gasteiger charge is -2.44. The lowest BCUT2D eigenvalue weighted by Crippen LogP contribution is -2.49. The van der Waals surface area contributed by atoms with Crippen LogP contribution in [0.5, 0.6) is 0 Å². The van der Waals surface area contributed by atoms with Crippen molar-refractivity contribution in [3.05, 3.63) is 71.8 Å². The van der Waals surface area contributed by atoms with Gasteiger partial charge in [0.25, 0.3) is 0 Å². The predicted molar refractivity (Wildman–Crippen MR) is 107 cm³/mol. The number of esters is 1. The third-order valence-electron chi connectivity index (χ3n) is 5.34. The summed E-state index contributed by atoms with van der Waals surface area (Å²) in [7, 11) is 1.33. The van der Waals surface area contributed by atoms with E-state index < -0.39 is 23.4 Å². The second-order valence-corrected chi connectivity index (χ2v) is 7.35. The fourth-order valence-corrected chi connectivity index (χ4v) is 3.75. The smallest absolute Gasteiger partial charge is 0.337 e. The summed E-state index contributed by atoms with van der Waals surface area (Å²) in [6.45, 7) is 0.299. The Kier molecular flexibility index (Phi) is 5.39. The van der Waals surface area contributed by atoms with Crippen molar-refractivity contribution in [3.8, 4) is 11.3 Å². The number of benzene rings is 1. The number of halogens is 2. The molecule has 0 amide bonds. The van der Waals surface area contributed by atoms with E-state index in [1.165, 1.54) is 25.4 Å². The van der Waals surface area contributed by atoms with Crippen molar-refractivity contribution in [1.82, 2.24) is 15.2 Å². The first-order chi connectivity index (χ1) is 14.5. The fraction of sp³-hybridized carbons (Fsp3) is 0.273. The number of ether oxygens (including phenoxy) is 1. The quantitative estimate of drug-likeness (QED) is 0.620. The van der Waals surface area contributed by atoms with Crippen LogP contribution in [0.2, 0.25) is 0 Å². The molecule has 154 valence electrons. The Balaban J connectivity index is 1.49. The van der Waals surface area contributed by atoms with Gasteiger partial charge in [0.05, 0.1) is 24.1 Å². The molecule has 0 unspecified atom stereocenters. The molecular formula is C22H20F2N4O2. The molecule has 0 atom stereocenters. The van der Waals surface area contributed by atoms with Gasteiger partial charge in [0, 0.05) is 23.7 Å². The number of anilines is 1. The van der Waals surface area contributed by atoms with Crippen LogP contribution in [0.1, 0.15) is 28.9 Å². The lowest BCUT2D eigenvalue weighted by atomic mass is 9.65. The number of carbonyl (C=O) groups is 1. The van der Waals surface area contributed by atoms with Crippen LogP contribution in [0.4, 0.5) is 14.6 Å². The molecule has 1 aliphatic carbocycles. The molecule has 0 spiro atoms. The summed E-state index contributed by atoms with van der Waals surface area (Å²) in [6, 6.07) is 13.3. The number of aromatic nitrogens is 3. The molecule has 30 heavy (non-hydrogen) atoms. The van der Waals surface area contributed by atoms with Crippen molar-refractivity contribution in [3.63, 3.8) is 0 Å². The highest BCUT2D eigenvalue weighted by atomic mass is 19.1. The zero-order valence-electron chi connectivity index (χ0n) is 16.3. The standard InChI is InChI=1S/C22H20F2N4O2/c1-30-21(29)15-5-2-4-14(10-15)18-7-8-19(28-27-18)26-13-22(11-16(23)12-22)20-17(24)6-3-9-25-20/h2-10,16H,11-13H2,1H3,(H,26,28)/t16-,22-. The van der Waals surface area contributed by atoms with Crippen LogP contribution in [-0.4, -0.2) is 41.0 Å². The fourth-order valence-electron chi connectivity index (χ4n) is 3.75. The highest BCUT2D eigenvalue weighted by Crippen LogP contribution is 2.45. The molecule has 0 saturated heterocycles. The van der Waals surface area contributed by atoms with E-state index >= 15 is 0 Å². The van der Waals surface area contributed by atoms with Gasteiger partial charge in [-0.25, -0.2) is 13.6 Å². The number of hydrogen-bond acceptors (Lipinski definition) is 6. The highest BCUT2D eigenvalue weighted by molar-refractivity contribution is 5.90. The van der Waals surface area contributed by atoms with Crippen LogP contribution in [0.15, 0.2) is 54.7 Å². The second-order valence-electron chi connectivity index (χ2n) is 7.35. The summed E-state index contributed by atoms with van der Waals surface area (Å²) < 4.78 is 32.6. The molecule has 1 fully saturated rings. The minimum atomic E-state index is -0.969. The Bertz CT molecular complexity index is 1050. The van der Waals surface area contributed by atoms with Crippen molar-refractivity contribution < 1.29 is 18.3 Å².